The van der Waals surface area contributed by atoms with Crippen LogP contribution < -0.4 is 4.74 Å². The van der Waals surface area contributed by atoms with Gasteiger partial charge in [-0.1, -0.05) is 90.1 Å². The Hall–Kier alpha value is -2.90. The number of ether oxygens (including phenoxy) is 1. The molecule has 2 aromatic rings. The van der Waals surface area contributed by atoms with E-state index in [0.29, 0.717) is 49.1 Å². The van der Waals surface area contributed by atoms with E-state index < -0.39 is 20.3 Å². The van der Waals surface area contributed by atoms with Crippen molar-refractivity contribution < 1.29 is 23.9 Å². The lowest BCUT2D eigenvalue weighted by Gasteiger charge is -2.42. The summed E-state index contributed by atoms with van der Waals surface area (Å²) in [5, 5.41) is 10.0. The summed E-state index contributed by atoms with van der Waals surface area (Å²) in [6.07, 6.45) is 3.27. The Morgan fingerprint density at radius 1 is 0.925 bits per heavy atom. The Bertz CT molecular complexity index is 1030. The lowest BCUT2D eigenvalue weighted by Crippen LogP contribution is -2.48. The molecule has 0 saturated heterocycles. The second kappa shape index (κ2) is 16.4. The highest BCUT2D eigenvalue weighted by Crippen LogP contribution is 2.42. The molecule has 220 valence electrons. The van der Waals surface area contributed by atoms with Crippen LogP contribution in [0.3, 0.4) is 0 Å². The first-order valence-electron chi connectivity index (χ1n) is 14.6. The molecule has 0 aliphatic rings. The zero-order valence-corrected chi connectivity index (χ0v) is 26.3. The van der Waals surface area contributed by atoms with Crippen molar-refractivity contribution in [2.24, 2.45) is 0 Å². The van der Waals surface area contributed by atoms with E-state index in [9.17, 15) is 14.7 Å². The van der Waals surface area contributed by atoms with E-state index in [2.05, 4.69) is 48.1 Å². The topological polar surface area (TPSA) is 76.1 Å². The van der Waals surface area contributed by atoms with E-state index >= 15 is 0 Å². The molecule has 0 radical (unpaired) electrons. The maximum atomic E-state index is 13.2. The van der Waals surface area contributed by atoms with E-state index in [1.807, 2.05) is 54.6 Å². The maximum absolute atomic E-state index is 13.2. The van der Waals surface area contributed by atoms with Crippen molar-refractivity contribution in [3.05, 3.63) is 78.4 Å². The quantitative estimate of drug-likeness (QED) is 0.114. The van der Waals surface area contributed by atoms with Gasteiger partial charge < -0.3 is 19.2 Å². The van der Waals surface area contributed by atoms with Gasteiger partial charge in [0, 0.05) is 19.6 Å². The fourth-order valence-corrected chi connectivity index (χ4v) is 11.4. The zero-order chi connectivity index (χ0) is 29.7. The van der Waals surface area contributed by atoms with Crippen LogP contribution in [0.1, 0.15) is 71.9 Å². The summed E-state index contributed by atoms with van der Waals surface area (Å²) < 4.78 is 12.5. The number of hydrogen-bond acceptors (Lipinski definition) is 4. The molecule has 40 heavy (non-hydrogen) atoms. The van der Waals surface area contributed by atoms with Gasteiger partial charge in [0.2, 0.25) is 5.91 Å². The third kappa shape index (κ3) is 9.34. The first-order valence-corrected chi connectivity index (χ1v) is 16.7. The monoisotopic (exact) mass is 567 g/mol. The van der Waals surface area contributed by atoms with Crippen molar-refractivity contribution in [1.29, 1.82) is 0 Å². The summed E-state index contributed by atoms with van der Waals surface area (Å²) in [5.74, 6) is -0.414. The summed E-state index contributed by atoms with van der Waals surface area (Å²) >= 11 is 0. The summed E-state index contributed by atoms with van der Waals surface area (Å²) in [6, 6.07) is 16.8. The van der Waals surface area contributed by atoms with Gasteiger partial charge in [0.25, 0.3) is 0 Å². The highest BCUT2D eigenvalue weighted by molar-refractivity contribution is 6.77. The number of rotatable bonds is 18. The Balaban J connectivity index is 1.95. The average Bonchev–Trinajstić information content (AvgIpc) is 2.92. The first-order chi connectivity index (χ1) is 19.0. The second-order valence-electron chi connectivity index (χ2n) is 11.4. The lowest BCUT2D eigenvalue weighted by atomic mass is 10.1. The van der Waals surface area contributed by atoms with Crippen LogP contribution in [-0.4, -0.2) is 49.4 Å². The summed E-state index contributed by atoms with van der Waals surface area (Å²) in [7, 11) is -2.02. The van der Waals surface area contributed by atoms with E-state index in [0.717, 1.165) is 16.9 Å². The zero-order valence-electron chi connectivity index (χ0n) is 25.3. The number of aliphatic carboxylic acids is 1. The molecular weight excluding hydrogens is 518 g/mol. The Morgan fingerprint density at radius 3 is 2.05 bits per heavy atom. The lowest BCUT2D eigenvalue weighted by molar-refractivity contribution is -0.150. The number of nitrogens with zero attached hydrogens (tertiary/aromatic N) is 1. The predicted molar refractivity (Wildman–Crippen MR) is 165 cm³/mol. The van der Waals surface area contributed by atoms with Crippen molar-refractivity contribution in [3.63, 3.8) is 0 Å². The SMILES string of the molecule is C=CCN(C(=O)CCc1ccc(OCc2ccccc2)cc1)[C@@H](CCCO[Si](C(C)C)(C(C)C)C(C)C)C(=O)O. The largest absolute Gasteiger partial charge is 0.489 e. The van der Waals surface area contributed by atoms with Gasteiger partial charge in [-0.05, 0) is 59.1 Å². The smallest absolute Gasteiger partial charge is 0.326 e. The van der Waals surface area contributed by atoms with Crippen LogP contribution in [-0.2, 0) is 27.0 Å². The van der Waals surface area contributed by atoms with E-state index in [-0.39, 0.29) is 18.9 Å². The van der Waals surface area contributed by atoms with Crippen LogP contribution in [0.4, 0.5) is 0 Å². The average molecular weight is 568 g/mol. The number of carbonyl (C=O) groups is 2. The van der Waals surface area contributed by atoms with Crippen molar-refractivity contribution in [2.75, 3.05) is 13.2 Å². The molecule has 0 spiro atoms. The third-order valence-electron chi connectivity index (χ3n) is 7.79. The molecule has 6 nitrogen and oxygen atoms in total. The van der Waals surface area contributed by atoms with Crippen molar-refractivity contribution in [1.82, 2.24) is 4.90 Å². The van der Waals surface area contributed by atoms with Gasteiger partial charge in [-0.3, -0.25) is 4.79 Å². The van der Waals surface area contributed by atoms with Gasteiger partial charge >= 0.3 is 5.97 Å². The number of hydrogen-bond donors (Lipinski definition) is 1. The maximum Gasteiger partial charge on any atom is 0.326 e. The molecule has 0 bridgehead atoms. The fraction of sp³-hybridized carbons (Fsp3) is 0.515. The van der Waals surface area contributed by atoms with Crippen LogP contribution in [0.5, 0.6) is 5.75 Å². The molecule has 0 aliphatic heterocycles. The van der Waals surface area contributed by atoms with Crippen molar-refractivity contribution >= 4 is 20.2 Å². The van der Waals surface area contributed by atoms with Gasteiger partial charge in [-0.2, -0.15) is 0 Å². The molecule has 1 N–H and O–H groups in total. The van der Waals surface area contributed by atoms with Crippen molar-refractivity contribution in [3.8, 4) is 5.75 Å². The van der Waals surface area contributed by atoms with Crippen LogP contribution in [0.2, 0.25) is 16.6 Å². The van der Waals surface area contributed by atoms with E-state index in [1.54, 1.807) is 6.08 Å². The molecule has 2 rings (SSSR count). The molecule has 0 saturated carbocycles. The normalized spacial score (nSPS) is 12.5. The third-order valence-corrected chi connectivity index (χ3v) is 13.9. The molecule has 2 aromatic carbocycles. The van der Waals surface area contributed by atoms with Gasteiger partial charge in [-0.25, -0.2) is 4.79 Å². The molecule has 1 amide bonds. The molecule has 0 fully saturated rings. The number of carboxylic acids is 1. The molecular formula is C33H49NO5Si. The first kappa shape index (κ1) is 33.3. The number of carbonyl (C=O) groups excluding carboxylic acids is 1. The predicted octanol–water partition coefficient (Wildman–Crippen LogP) is 7.64. The van der Waals surface area contributed by atoms with Gasteiger partial charge in [0.05, 0.1) is 0 Å². The molecule has 7 heteroatoms. The summed E-state index contributed by atoms with van der Waals surface area (Å²) in [6.45, 7) is 18.4. The Kier molecular flexibility index (Phi) is 13.6. The van der Waals surface area contributed by atoms with Crippen molar-refractivity contribution in [2.45, 2.75) is 96.5 Å². The van der Waals surface area contributed by atoms with Crippen LogP contribution in [0.15, 0.2) is 67.3 Å². The highest BCUT2D eigenvalue weighted by atomic mass is 28.4. The Labute approximate surface area is 242 Å². The highest BCUT2D eigenvalue weighted by Gasteiger charge is 2.44. The van der Waals surface area contributed by atoms with E-state index in [4.69, 9.17) is 9.16 Å². The summed E-state index contributed by atoms with van der Waals surface area (Å²) in [4.78, 5) is 26.9. The molecule has 0 aromatic heterocycles. The summed E-state index contributed by atoms with van der Waals surface area (Å²) in [5.41, 5.74) is 3.49. The number of carboxylic acid groups (broad SMARTS) is 1. The molecule has 1 atom stereocenters. The minimum Gasteiger partial charge on any atom is -0.489 e. The molecule has 0 aliphatic carbocycles. The standard InChI is InChI=1S/C33H49NO5Si/c1-8-22-34(31(33(36)37)15-12-23-39-40(25(2)3,26(4)5)27(6)7)32(35)21-18-28-16-19-30(20-17-28)38-24-29-13-10-9-11-14-29/h8-11,13-14,16-17,19-20,25-27,31H,1,12,15,18,21-24H2,2-7H3,(H,36,37)/t31-/m0/s1. The van der Waals surface area contributed by atoms with Crippen LogP contribution in [0, 0.1) is 0 Å². The van der Waals surface area contributed by atoms with Gasteiger partial charge in [0.1, 0.15) is 18.4 Å². The van der Waals surface area contributed by atoms with Gasteiger partial charge in [-0.15, -0.1) is 6.58 Å². The minimum absolute atomic E-state index is 0.187. The number of aryl methyl sites for hydroxylation is 1. The number of amides is 1. The van der Waals surface area contributed by atoms with E-state index in [1.165, 1.54) is 4.90 Å². The van der Waals surface area contributed by atoms with Crippen LogP contribution in [0.25, 0.3) is 0 Å². The fourth-order valence-electron chi connectivity index (χ4n) is 5.87. The number of benzene rings is 2. The Morgan fingerprint density at radius 2 is 1.52 bits per heavy atom. The second-order valence-corrected chi connectivity index (χ2v) is 16.9. The molecule has 0 unspecified atom stereocenters. The molecule has 0 heterocycles. The van der Waals surface area contributed by atoms with Gasteiger partial charge in [0.15, 0.2) is 8.32 Å². The van der Waals surface area contributed by atoms with Crippen LogP contribution >= 0.6 is 0 Å². The minimum atomic E-state index is -2.02.